The zero-order valence-corrected chi connectivity index (χ0v) is 6.32. The molecular weight excluding hydrogens is 150 g/mol. The molecule has 5 N–H and O–H groups in total. The third-order valence-corrected chi connectivity index (χ3v) is 1.64. The Hall–Kier alpha value is -0.650. The molecule has 0 saturated heterocycles. The third kappa shape index (κ3) is 1.89. The summed E-state index contributed by atoms with van der Waals surface area (Å²) in [5, 5.41) is 26.2. The molecule has 0 aromatic rings. The van der Waals surface area contributed by atoms with Crippen molar-refractivity contribution in [1.82, 2.24) is 0 Å². The predicted octanol–water partition coefficient (Wildman–Crippen LogP) is -1.47. The average Bonchev–Trinajstić information content (AvgIpc) is 2.01. The topological polar surface area (TPSA) is 104 Å². The molecule has 0 spiro atoms. The van der Waals surface area contributed by atoms with Gasteiger partial charge in [-0.3, -0.25) is 4.79 Å². The fraction of sp³-hybridized carbons (Fsp3) is 0.833. The van der Waals surface area contributed by atoms with Crippen molar-refractivity contribution in [3.05, 3.63) is 0 Å². The number of hydrogen-bond acceptors (Lipinski definition) is 4. The van der Waals surface area contributed by atoms with E-state index in [0.717, 1.165) is 0 Å². The van der Waals surface area contributed by atoms with Crippen LogP contribution < -0.4 is 5.73 Å². The summed E-state index contributed by atoms with van der Waals surface area (Å²) in [6.07, 6.45) is -1.02. The SMILES string of the molecule is CCC(O)C(N)(CO)C(=O)O. The zero-order chi connectivity index (χ0) is 9.07. The van der Waals surface area contributed by atoms with E-state index in [-0.39, 0.29) is 6.42 Å². The molecule has 0 radical (unpaired) electrons. The van der Waals surface area contributed by atoms with Gasteiger partial charge in [-0.25, -0.2) is 0 Å². The van der Waals surface area contributed by atoms with Gasteiger partial charge in [-0.15, -0.1) is 0 Å². The molecule has 0 aliphatic carbocycles. The summed E-state index contributed by atoms with van der Waals surface area (Å²) >= 11 is 0. The normalized spacial score (nSPS) is 18.9. The maximum Gasteiger partial charge on any atom is 0.328 e. The van der Waals surface area contributed by atoms with E-state index in [1.807, 2.05) is 0 Å². The van der Waals surface area contributed by atoms with Crippen molar-refractivity contribution in [3.63, 3.8) is 0 Å². The van der Waals surface area contributed by atoms with Crippen molar-refractivity contribution in [2.24, 2.45) is 5.73 Å². The Labute approximate surface area is 64.4 Å². The van der Waals surface area contributed by atoms with Crippen molar-refractivity contribution in [2.45, 2.75) is 25.0 Å². The van der Waals surface area contributed by atoms with E-state index in [1.54, 1.807) is 6.92 Å². The molecule has 0 rings (SSSR count). The molecule has 0 fully saturated rings. The maximum absolute atomic E-state index is 10.4. The van der Waals surface area contributed by atoms with Crippen molar-refractivity contribution in [1.29, 1.82) is 0 Å². The lowest BCUT2D eigenvalue weighted by molar-refractivity contribution is -0.150. The van der Waals surface area contributed by atoms with Gasteiger partial charge in [0.1, 0.15) is 0 Å². The van der Waals surface area contributed by atoms with E-state index in [9.17, 15) is 4.79 Å². The first-order chi connectivity index (χ1) is 4.99. The standard InChI is InChI=1S/C6H13NO4/c1-2-4(9)6(7,3-8)5(10)11/h4,8-9H,2-3,7H2,1H3,(H,10,11). The average molecular weight is 163 g/mol. The van der Waals surface area contributed by atoms with E-state index in [0.29, 0.717) is 0 Å². The summed E-state index contributed by atoms with van der Waals surface area (Å²) in [7, 11) is 0. The first-order valence-corrected chi connectivity index (χ1v) is 3.30. The highest BCUT2D eigenvalue weighted by Crippen LogP contribution is 2.09. The summed E-state index contributed by atoms with van der Waals surface area (Å²) < 4.78 is 0. The monoisotopic (exact) mass is 163 g/mol. The molecule has 2 unspecified atom stereocenters. The zero-order valence-electron chi connectivity index (χ0n) is 6.32. The highest BCUT2D eigenvalue weighted by Gasteiger charge is 2.40. The second kappa shape index (κ2) is 3.66. The van der Waals surface area contributed by atoms with Gasteiger partial charge < -0.3 is 21.1 Å². The van der Waals surface area contributed by atoms with Crippen LogP contribution in [0.25, 0.3) is 0 Å². The van der Waals surface area contributed by atoms with Gasteiger partial charge in [0.15, 0.2) is 5.54 Å². The van der Waals surface area contributed by atoms with Gasteiger partial charge in [0.2, 0.25) is 0 Å². The summed E-state index contributed by atoms with van der Waals surface area (Å²) in [5.74, 6) is -1.39. The molecule has 2 atom stereocenters. The molecule has 0 amide bonds. The Morgan fingerprint density at radius 2 is 2.18 bits per heavy atom. The number of carboxylic acids is 1. The van der Waals surface area contributed by atoms with Crippen LogP contribution in [0.4, 0.5) is 0 Å². The highest BCUT2D eigenvalue weighted by molar-refractivity contribution is 5.79. The molecule has 0 aromatic heterocycles. The molecule has 0 saturated carbocycles. The third-order valence-electron chi connectivity index (χ3n) is 1.64. The fourth-order valence-corrected chi connectivity index (χ4v) is 0.680. The first-order valence-electron chi connectivity index (χ1n) is 3.30. The Morgan fingerprint density at radius 3 is 2.27 bits per heavy atom. The Morgan fingerprint density at radius 1 is 1.73 bits per heavy atom. The van der Waals surface area contributed by atoms with E-state index in [2.05, 4.69) is 0 Å². The van der Waals surface area contributed by atoms with Gasteiger partial charge in [0.05, 0.1) is 12.7 Å². The van der Waals surface area contributed by atoms with Gasteiger partial charge in [-0.05, 0) is 6.42 Å². The molecule has 0 aliphatic heterocycles. The molecule has 5 heteroatoms. The molecule has 0 aliphatic rings. The lowest BCUT2D eigenvalue weighted by Crippen LogP contribution is -2.59. The number of aliphatic hydroxyl groups is 2. The Balaban J connectivity index is 4.45. The lowest BCUT2D eigenvalue weighted by atomic mass is 9.93. The van der Waals surface area contributed by atoms with Gasteiger partial charge in [0, 0.05) is 0 Å². The second-order valence-corrected chi connectivity index (χ2v) is 2.43. The smallest absolute Gasteiger partial charge is 0.328 e. The molecule has 11 heavy (non-hydrogen) atoms. The van der Waals surface area contributed by atoms with E-state index in [4.69, 9.17) is 21.1 Å². The molecular formula is C6H13NO4. The highest BCUT2D eigenvalue weighted by atomic mass is 16.4. The minimum absolute atomic E-state index is 0.198. The number of aliphatic hydroxyl groups excluding tert-OH is 2. The summed E-state index contributed by atoms with van der Waals surface area (Å²) in [5.41, 5.74) is 3.27. The minimum Gasteiger partial charge on any atom is -0.480 e. The van der Waals surface area contributed by atoms with Crippen molar-refractivity contribution >= 4 is 5.97 Å². The van der Waals surface area contributed by atoms with Gasteiger partial charge in [-0.1, -0.05) is 6.92 Å². The lowest BCUT2D eigenvalue weighted by Gasteiger charge is -2.26. The number of carbonyl (C=O) groups is 1. The quantitative estimate of drug-likeness (QED) is 0.405. The first kappa shape index (κ1) is 10.3. The molecule has 66 valence electrons. The number of rotatable bonds is 4. The predicted molar refractivity (Wildman–Crippen MR) is 37.9 cm³/mol. The van der Waals surface area contributed by atoms with E-state index >= 15 is 0 Å². The molecule has 5 nitrogen and oxygen atoms in total. The van der Waals surface area contributed by atoms with E-state index < -0.39 is 24.2 Å². The minimum atomic E-state index is -1.92. The maximum atomic E-state index is 10.4. The van der Waals surface area contributed by atoms with Crippen LogP contribution in [-0.4, -0.2) is 39.5 Å². The summed E-state index contributed by atoms with van der Waals surface area (Å²) in [6, 6.07) is 0. The van der Waals surface area contributed by atoms with Crippen LogP contribution >= 0.6 is 0 Å². The number of hydrogen-bond donors (Lipinski definition) is 4. The van der Waals surface area contributed by atoms with Gasteiger partial charge in [-0.2, -0.15) is 0 Å². The summed E-state index contributed by atoms with van der Waals surface area (Å²) in [4.78, 5) is 10.4. The van der Waals surface area contributed by atoms with Crippen LogP contribution in [0.5, 0.6) is 0 Å². The summed E-state index contributed by atoms with van der Waals surface area (Å²) in [6.45, 7) is 0.822. The Bertz CT molecular complexity index is 150. The molecule has 0 bridgehead atoms. The van der Waals surface area contributed by atoms with Crippen LogP contribution in [0.3, 0.4) is 0 Å². The van der Waals surface area contributed by atoms with Crippen LogP contribution in [0, 0.1) is 0 Å². The van der Waals surface area contributed by atoms with Gasteiger partial charge >= 0.3 is 5.97 Å². The number of carboxylic acid groups (broad SMARTS) is 1. The number of aliphatic carboxylic acids is 1. The van der Waals surface area contributed by atoms with Gasteiger partial charge in [0.25, 0.3) is 0 Å². The molecule has 0 heterocycles. The van der Waals surface area contributed by atoms with Crippen LogP contribution in [-0.2, 0) is 4.79 Å². The second-order valence-electron chi connectivity index (χ2n) is 2.43. The fourth-order valence-electron chi connectivity index (χ4n) is 0.680. The van der Waals surface area contributed by atoms with Crippen molar-refractivity contribution < 1.29 is 20.1 Å². The van der Waals surface area contributed by atoms with Crippen LogP contribution in [0.2, 0.25) is 0 Å². The number of nitrogens with two attached hydrogens (primary N) is 1. The molecule has 0 aromatic carbocycles. The van der Waals surface area contributed by atoms with E-state index in [1.165, 1.54) is 0 Å². The van der Waals surface area contributed by atoms with Crippen LogP contribution in [0.15, 0.2) is 0 Å². The van der Waals surface area contributed by atoms with Crippen LogP contribution in [0.1, 0.15) is 13.3 Å². The van der Waals surface area contributed by atoms with Crippen molar-refractivity contribution in [2.75, 3.05) is 6.61 Å². The van der Waals surface area contributed by atoms with Crippen molar-refractivity contribution in [3.8, 4) is 0 Å². The Kier molecular flexibility index (Phi) is 3.44. The largest absolute Gasteiger partial charge is 0.480 e.